The predicted molar refractivity (Wildman–Crippen MR) is 40.4 cm³/mol. The summed E-state index contributed by atoms with van der Waals surface area (Å²) in [7, 11) is 0. The molecule has 0 aromatic heterocycles. The molecule has 12 heavy (non-hydrogen) atoms. The molecular weight excluding hydrogens is 156 g/mol. The van der Waals surface area contributed by atoms with Crippen LogP contribution < -0.4 is 0 Å². The molecule has 3 nitrogen and oxygen atoms in total. The first-order valence-corrected chi connectivity index (χ1v) is 4.59. The molecule has 66 valence electrons. The third kappa shape index (κ3) is 0.637. The summed E-state index contributed by atoms with van der Waals surface area (Å²) < 4.78 is 10.8. The average Bonchev–Trinajstić information content (AvgIpc) is 2.62. The molecule has 0 radical (unpaired) electrons. The minimum Gasteiger partial charge on any atom is -0.465 e. The van der Waals surface area contributed by atoms with E-state index in [4.69, 9.17) is 9.47 Å². The molecule has 5 atom stereocenters. The van der Waals surface area contributed by atoms with E-state index in [0.29, 0.717) is 24.5 Å². The van der Waals surface area contributed by atoms with E-state index in [2.05, 4.69) is 6.92 Å². The van der Waals surface area contributed by atoms with Crippen molar-refractivity contribution in [1.82, 2.24) is 0 Å². The van der Waals surface area contributed by atoms with Gasteiger partial charge in [0.1, 0.15) is 0 Å². The minimum absolute atomic E-state index is 0.0283. The van der Waals surface area contributed by atoms with Crippen LogP contribution in [-0.4, -0.2) is 24.8 Å². The van der Waals surface area contributed by atoms with E-state index in [-0.39, 0.29) is 18.0 Å². The van der Waals surface area contributed by atoms with Gasteiger partial charge in [-0.15, -0.1) is 0 Å². The largest absolute Gasteiger partial charge is 0.465 e. The Morgan fingerprint density at radius 1 is 1.50 bits per heavy atom. The van der Waals surface area contributed by atoms with Gasteiger partial charge in [-0.2, -0.15) is 0 Å². The summed E-state index contributed by atoms with van der Waals surface area (Å²) in [4.78, 5) is 11.3. The maximum Gasteiger partial charge on any atom is 0.312 e. The Kier molecular flexibility index (Phi) is 1.16. The molecule has 3 fully saturated rings. The van der Waals surface area contributed by atoms with Crippen molar-refractivity contribution >= 4 is 5.97 Å². The van der Waals surface area contributed by atoms with Gasteiger partial charge in [0.15, 0.2) is 0 Å². The molecule has 0 aromatic rings. The molecule has 0 aromatic carbocycles. The first kappa shape index (κ1) is 6.89. The Labute approximate surface area is 71.0 Å². The highest BCUT2D eigenvalue weighted by atomic mass is 16.6. The van der Waals surface area contributed by atoms with Crippen molar-refractivity contribution in [2.75, 3.05) is 6.61 Å². The zero-order valence-corrected chi connectivity index (χ0v) is 7.03. The van der Waals surface area contributed by atoms with Crippen LogP contribution in [0.15, 0.2) is 0 Å². The molecular formula is C9H12O3. The van der Waals surface area contributed by atoms with E-state index < -0.39 is 0 Å². The summed E-state index contributed by atoms with van der Waals surface area (Å²) in [6.45, 7) is 2.79. The highest BCUT2D eigenvalue weighted by Gasteiger charge is 2.59. The van der Waals surface area contributed by atoms with Gasteiger partial charge in [-0.1, -0.05) is 6.92 Å². The summed E-state index contributed by atoms with van der Waals surface area (Å²) in [6.07, 6.45) is 1.51. The van der Waals surface area contributed by atoms with Crippen LogP contribution in [0.2, 0.25) is 0 Å². The number of esters is 1. The maximum atomic E-state index is 11.3. The molecule has 0 saturated carbocycles. The van der Waals surface area contributed by atoms with E-state index >= 15 is 0 Å². The van der Waals surface area contributed by atoms with Crippen LogP contribution >= 0.6 is 0 Å². The lowest BCUT2D eigenvalue weighted by atomic mass is 9.76. The molecule has 3 aliphatic heterocycles. The fraction of sp³-hybridized carbons (Fsp3) is 0.889. The predicted octanol–water partition coefficient (Wildman–Crippen LogP) is 0.583. The summed E-state index contributed by atoms with van der Waals surface area (Å²) in [6, 6.07) is 0. The molecule has 0 aliphatic carbocycles. The smallest absolute Gasteiger partial charge is 0.312 e. The molecule has 0 amide bonds. The first-order valence-electron chi connectivity index (χ1n) is 4.59. The number of ether oxygens (including phenoxy) is 2. The lowest BCUT2D eigenvalue weighted by molar-refractivity contribution is -0.143. The molecule has 0 spiro atoms. The zero-order valence-electron chi connectivity index (χ0n) is 7.03. The van der Waals surface area contributed by atoms with Crippen LogP contribution in [0, 0.1) is 17.8 Å². The van der Waals surface area contributed by atoms with Gasteiger partial charge in [0.25, 0.3) is 0 Å². The van der Waals surface area contributed by atoms with Crippen molar-refractivity contribution in [3.05, 3.63) is 0 Å². The van der Waals surface area contributed by atoms with Crippen molar-refractivity contribution < 1.29 is 14.3 Å². The van der Waals surface area contributed by atoms with Crippen molar-refractivity contribution in [2.45, 2.75) is 25.6 Å². The lowest BCUT2D eigenvalue weighted by Gasteiger charge is -2.21. The van der Waals surface area contributed by atoms with Gasteiger partial charge in [-0.3, -0.25) is 4.79 Å². The Morgan fingerprint density at radius 3 is 3.17 bits per heavy atom. The molecule has 3 heterocycles. The van der Waals surface area contributed by atoms with Crippen LogP contribution in [-0.2, 0) is 14.3 Å². The summed E-state index contributed by atoms with van der Waals surface area (Å²) in [5, 5.41) is 0. The normalized spacial score (nSPS) is 55.8. The van der Waals surface area contributed by atoms with Gasteiger partial charge in [-0.05, 0) is 12.3 Å². The van der Waals surface area contributed by atoms with Crippen molar-refractivity contribution in [1.29, 1.82) is 0 Å². The second-order valence-corrected chi connectivity index (χ2v) is 4.17. The molecule has 2 bridgehead atoms. The summed E-state index contributed by atoms with van der Waals surface area (Å²) in [5.41, 5.74) is 0. The topological polar surface area (TPSA) is 35.5 Å². The van der Waals surface area contributed by atoms with Gasteiger partial charge in [-0.25, -0.2) is 0 Å². The molecule has 3 saturated heterocycles. The summed E-state index contributed by atoms with van der Waals surface area (Å²) >= 11 is 0. The van der Waals surface area contributed by atoms with E-state index in [9.17, 15) is 4.79 Å². The Hall–Kier alpha value is -0.570. The second-order valence-electron chi connectivity index (χ2n) is 4.17. The van der Waals surface area contributed by atoms with Crippen LogP contribution in [0.1, 0.15) is 13.3 Å². The Balaban J connectivity index is 1.94. The fourth-order valence-electron chi connectivity index (χ4n) is 2.93. The van der Waals surface area contributed by atoms with Crippen LogP contribution in [0.4, 0.5) is 0 Å². The average molecular weight is 168 g/mol. The monoisotopic (exact) mass is 168 g/mol. The molecule has 3 rings (SSSR count). The van der Waals surface area contributed by atoms with Crippen LogP contribution in [0.25, 0.3) is 0 Å². The Bertz CT molecular complexity index is 238. The molecule has 5 unspecified atom stereocenters. The fourth-order valence-corrected chi connectivity index (χ4v) is 2.93. The number of hydrogen-bond donors (Lipinski definition) is 0. The van der Waals surface area contributed by atoms with Gasteiger partial charge in [0.2, 0.25) is 0 Å². The van der Waals surface area contributed by atoms with Gasteiger partial charge in [0.05, 0.1) is 24.7 Å². The number of carbonyl (C=O) groups is 1. The van der Waals surface area contributed by atoms with E-state index in [1.165, 1.54) is 0 Å². The molecule has 0 N–H and O–H groups in total. The zero-order chi connectivity index (χ0) is 8.29. The highest BCUT2D eigenvalue weighted by Crippen LogP contribution is 2.49. The van der Waals surface area contributed by atoms with Crippen molar-refractivity contribution in [3.63, 3.8) is 0 Å². The van der Waals surface area contributed by atoms with Gasteiger partial charge < -0.3 is 9.47 Å². The van der Waals surface area contributed by atoms with Gasteiger partial charge in [0, 0.05) is 5.92 Å². The van der Waals surface area contributed by atoms with Crippen molar-refractivity contribution in [2.24, 2.45) is 17.8 Å². The van der Waals surface area contributed by atoms with Crippen LogP contribution in [0.3, 0.4) is 0 Å². The molecule has 3 heteroatoms. The lowest BCUT2D eigenvalue weighted by Crippen LogP contribution is -2.32. The maximum absolute atomic E-state index is 11.3. The van der Waals surface area contributed by atoms with E-state index in [1.54, 1.807) is 0 Å². The number of fused-ring (bicyclic) bond motifs is 5. The molecule has 3 aliphatic rings. The number of cyclic esters (lactones) is 1. The van der Waals surface area contributed by atoms with E-state index in [1.807, 2.05) is 0 Å². The van der Waals surface area contributed by atoms with E-state index in [0.717, 1.165) is 6.42 Å². The highest BCUT2D eigenvalue weighted by molar-refractivity contribution is 5.76. The number of carbonyl (C=O) groups excluding carboxylic acids is 1. The second kappa shape index (κ2) is 2.02. The standard InChI is InChI=1S/C9H12O3/c1-4-2-6-7-5(8(4)12-6)3-11-9(7)10/h4-8H,2-3H2,1H3. The quantitative estimate of drug-likeness (QED) is 0.496. The minimum atomic E-state index is -0.0283. The third-order valence-corrected chi connectivity index (χ3v) is 3.47. The van der Waals surface area contributed by atoms with Gasteiger partial charge >= 0.3 is 5.97 Å². The SMILES string of the molecule is CC1CC2OC1C1COC(=O)C21. The first-order chi connectivity index (χ1) is 5.77. The number of rotatable bonds is 0. The third-order valence-electron chi connectivity index (χ3n) is 3.47. The van der Waals surface area contributed by atoms with Crippen molar-refractivity contribution in [3.8, 4) is 0 Å². The van der Waals surface area contributed by atoms with Crippen LogP contribution in [0.5, 0.6) is 0 Å². The number of hydrogen-bond acceptors (Lipinski definition) is 3. The Morgan fingerprint density at radius 2 is 2.33 bits per heavy atom. The summed E-state index contributed by atoms with van der Waals surface area (Å²) in [5.74, 6) is 1.03.